The molecule has 120 valence electrons. The summed E-state index contributed by atoms with van der Waals surface area (Å²) in [6, 6.07) is 11.6. The molecular weight excluding hydrogens is 288 g/mol. The van der Waals surface area contributed by atoms with Crippen molar-refractivity contribution in [1.29, 1.82) is 0 Å². The largest absolute Gasteiger partial charge is 0.497 e. The highest BCUT2D eigenvalue weighted by Gasteiger charge is 2.04. The Balaban J connectivity index is 1.96. The minimum absolute atomic E-state index is 0.145. The number of carbonyl (C=O) groups excluding carboxylic acids is 1. The Labute approximate surface area is 137 Å². The van der Waals surface area contributed by atoms with Crippen LogP contribution in [0.2, 0.25) is 0 Å². The van der Waals surface area contributed by atoms with Gasteiger partial charge in [0.2, 0.25) is 5.91 Å². The minimum Gasteiger partial charge on any atom is -0.497 e. The first-order chi connectivity index (χ1) is 11.0. The van der Waals surface area contributed by atoms with E-state index in [0.29, 0.717) is 0 Å². The molecule has 0 heterocycles. The SMILES string of the molecule is COc1ccc(CC(=O)NN=Cc2c(C)cc(C)cc2C)cc1. The van der Waals surface area contributed by atoms with Crippen LogP contribution < -0.4 is 10.2 Å². The number of benzene rings is 2. The van der Waals surface area contributed by atoms with Crippen LogP contribution in [0, 0.1) is 20.8 Å². The second kappa shape index (κ2) is 7.58. The molecule has 0 aliphatic heterocycles. The Morgan fingerprint density at radius 2 is 1.74 bits per heavy atom. The molecule has 0 saturated carbocycles. The molecule has 2 rings (SSSR count). The highest BCUT2D eigenvalue weighted by molar-refractivity contribution is 5.86. The van der Waals surface area contributed by atoms with E-state index in [2.05, 4.69) is 29.6 Å². The second-order valence-corrected chi connectivity index (χ2v) is 5.63. The zero-order chi connectivity index (χ0) is 16.8. The fourth-order valence-corrected chi connectivity index (χ4v) is 2.53. The summed E-state index contributed by atoms with van der Waals surface area (Å²) < 4.78 is 5.09. The van der Waals surface area contributed by atoms with Gasteiger partial charge in [-0.05, 0) is 49.6 Å². The fourth-order valence-electron chi connectivity index (χ4n) is 2.53. The van der Waals surface area contributed by atoms with Gasteiger partial charge < -0.3 is 4.74 Å². The third kappa shape index (κ3) is 4.68. The lowest BCUT2D eigenvalue weighted by atomic mass is 10.0. The van der Waals surface area contributed by atoms with Crippen LogP contribution in [0.25, 0.3) is 0 Å². The molecule has 0 saturated heterocycles. The van der Waals surface area contributed by atoms with Crippen LogP contribution in [-0.4, -0.2) is 19.2 Å². The summed E-state index contributed by atoms with van der Waals surface area (Å²) in [5.41, 5.74) is 8.06. The standard InChI is InChI=1S/C19H22N2O2/c1-13-9-14(2)18(15(3)10-13)12-20-21-19(22)11-16-5-7-17(23-4)8-6-16/h5-10,12H,11H2,1-4H3,(H,21,22). The number of ether oxygens (including phenoxy) is 1. The Morgan fingerprint density at radius 1 is 1.13 bits per heavy atom. The summed E-state index contributed by atoms with van der Waals surface area (Å²) in [6.07, 6.45) is 1.99. The molecule has 0 fully saturated rings. The van der Waals surface area contributed by atoms with Gasteiger partial charge in [-0.1, -0.05) is 29.8 Å². The van der Waals surface area contributed by atoms with E-state index < -0.39 is 0 Å². The van der Waals surface area contributed by atoms with E-state index in [-0.39, 0.29) is 12.3 Å². The van der Waals surface area contributed by atoms with Gasteiger partial charge in [0, 0.05) is 5.56 Å². The van der Waals surface area contributed by atoms with E-state index in [1.54, 1.807) is 13.3 Å². The van der Waals surface area contributed by atoms with Gasteiger partial charge in [0.25, 0.3) is 0 Å². The molecular formula is C19H22N2O2. The molecule has 2 aromatic carbocycles. The van der Waals surface area contributed by atoms with E-state index in [1.807, 2.05) is 38.1 Å². The number of hydrogen-bond acceptors (Lipinski definition) is 3. The first-order valence-corrected chi connectivity index (χ1v) is 7.52. The normalized spacial score (nSPS) is 10.8. The predicted octanol–water partition coefficient (Wildman–Crippen LogP) is 3.31. The van der Waals surface area contributed by atoms with Crippen LogP contribution in [0.15, 0.2) is 41.5 Å². The van der Waals surface area contributed by atoms with Crippen molar-refractivity contribution in [1.82, 2.24) is 5.43 Å². The maximum atomic E-state index is 11.9. The van der Waals surface area contributed by atoms with Crippen molar-refractivity contribution in [3.05, 3.63) is 64.2 Å². The highest BCUT2D eigenvalue weighted by atomic mass is 16.5. The summed E-state index contributed by atoms with van der Waals surface area (Å²) in [4.78, 5) is 11.9. The number of nitrogens with one attached hydrogen (secondary N) is 1. The topological polar surface area (TPSA) is 50.7 Å². The number of carbonyl (C=O) groups is 1. The van der Waals surface area contributed by atoms with Crippen molar-refractivity contribution in [2.75, 3.05) is 7.11 Å². The lowest BCUT2D eigenvalue weighted by molar-refractivity contribution is -0.120. The highest BCUT2D eigenvalue weighted by Crippen LogP contribution is 2.14. The van der Waals surface area contributed by atoms with Crippen LogP contribution in [0.3, 0.4) is 0 Å². The Kier molecular flexibility index (Phi) is 5.52. The Bertz CT molecular complexity index is 696. The molecule has 1 N–H and O–H groups in total. The van der Waals surface area contributed by atoms with E-state index >= 15 is 0 Å². The lowest BCUT2D eigenvalue weighted by Gasteiger charge is -2.06. The minimum atomic E-state index is -0.145. The fraction of sp³-hybridized carbons (Fsp3) is 0.263. The second-order valence-electron chi connectivity index (χ2n) is 5.63. The van der Waals surface area contributed by atoms with Gasteiger partial charge in [-0.3, -0.25) is 4.79 Å². The molecule has 2 aromatic rings. The van der Waals surface area contributed by atoms with Crippen LogP contribution in [0.4, 0.5) is 0 Å². The van der Waals surface area contributed by atoms with Crippen LogP contribution in [-0.2, 0) is 11.2 Å². The molecule has 0 radical (unpaired) electrons. The molecule has 0 atom stereocenters. The van der Waals surface area contributed by atoms with Crippen LogP contribution in [0.5, 0.6) is 5.75 Å². The van der Waals surface area contributed by atoms with Gasteiger partial charge in [0.05, 0.1) is 19.7 Å². The molecule has 0 unspecified atom stereocenters. The Hall–Kier alpha value is -2.62. The van der Waals surface area contributed by atoms with Crippen molar-refractivity contribution in [3.63, 3.8) is 0 Å². The number of methoxy groups -OCH3 is 1. The lowest BCUT2D eigenvalue weighted by Crippen LogP contribution is -2.19. The maximum absolute atomic E-state index is 11.9. The summed E-state index contributed by atoms with van der Waals surface area (Å²) in [5.74, 6) is 0.631. The van der Waals surface area contributed by atoms with Gasteiger partial charge in [0.15, 0.2) is 0 Å². The van der Waals surface area contributed by atoms with Gasteiger partial charge >= 0.3 is 0 Å². The van der Waals surface area contributed by atoms with Gasteiger partial charge in [-0.2, -0.15) is 5.10 Å². The Morgan fingerprint density at radius 3 is 2.30 bits per heavy atom. The van der Waals surface area contributed by atoms with E-state index in [4.69, 9.17) is 4.74 Å². The molecule has 0 spiro atoms. The number of hydrazone groups is 1. The third-order valence-electron chi connectivity index (χ3n) is 3.64. The third-order valence-corrected chi connectivity index (χ3v) is 3.64. The number of rotatable bonds is 5. The first kappa shape index (κ1) is 16.7. The molecule has 4 heteroatoms. The zero-order valence-corrected chi connectivity index (χ0v) is 14.0. The average Bonchev–Trinajstić information content (AvgIpc) is 2.50. The summed E-state index contributed by atoms with van der Waals surface area (Å²) >= 11 is 0. The maximum Gasteiger partial charge on any atom is 0.244 e. The van der Waals surface area contributed by atoms with Gasteiger partial charge in [-0.15, -0.1) is 0 Å². The molecule has 0 bridgehead atoms. The van der Waals surface area contributed by atoms with E-state index in [1.165, 1.54) is 5.56 Å². The molecule has 23 heavy (non-hydrogen) atoms. The molecule has 4 nitrogen and oxygen atoms in total. The zero-order valence-electron chi connectivity index (χ0n) is 14.0. The molecule has 1 amide bonds. The van der Waals surface area contributed by atoms with Gasteiger partial charge in [0.1, 0.15) is 5.75 Å². The monoisotopic (exact) mass is 310 g/mol. The van der Waals surface area contributed by atoms with E-state index in [9.17, 15) is 4.79 Å². The van der Waals surface area contributed by atoms with Crippen molar-refractivity contribution < 1.29 is 9.53 Å². The van der Waals surface area contributed by atoms with E-state index in [0.717, 1.165) is 28.0 Å². The molecule has 0 aliphatic rings. The van der Waals surface area contributed by atoms with Crippen LogP contribution in [0.1, 0.15) is 27.8 Å². The van der Waals surface area contributed by atoms with Crippen molar-refractivity contribution in [3.8, 4) is 5.75 Å². The number of nitrogens with zero attached hydrogens (tertiary/aromatic N) is 1. The van der Waals surface area contributed by atoms with Crippen molar-refractivity contribution in [2.45, 2.75) is 27.2 Å². The molecule has 0 aromatic heterocycles. The summed E-state index contributed by atoms with van der Waals surface area (Å²) in [7, 11) is 1.62. The van der Waals surface area contributed by atoms with Crippen molar-refractivity contribution >= 4 is 12.1 Å². The number of amides is 1. The number of hydrogen-bond donors (Lipinski definition) is 1. The first-order valence-electron chi connectivity index (χ1n) is 7.52. The quantitative estimate of drug-likeness (QED) is 0.680. The smallest absolute Gasteiger partial charge is 0.244 e. The average molecular weight is 310 g/mol. The van der Waals surface area contributed by atoms with Gasteiger partial charge in [-0.25, -0.2) is 5.43 Å². The van der Waals surface area contributed by atoms with Crippen molar-refractivity contribution in [2.24, 2.45) is 5.10 Å². The molecule has 0 aliphatic carbocycles. The predicted molar refractivity (Wildman–Crippen MR) is 93.1 cm³/mol. The summed E-state index contributed by atoms with van der Waals surface area (Å²) in [6.45, 7) is 6.15. The summed E-state index contributed by atoms with van der Waals surface area (Å²) in [5, 5.41) is 4.07. The van der Waals surface area contributed by atoms with Crippen LogP contribution >= 0.6 is 0 Å². The number of aryl methyl sites for hydroxylation is 3.